The van der Waals surface area contributed by atoms with E-state index in [0.717, 1.165) is 5.92 Å². The zero-order valence-corrected chi connectivity index (χ0v) is 8.71. The van der Waals surface area contributed by atoms with Crippen LogP contribution in [0.25, 0.3) is 0 Å². The molecule has 0 N–H and O–H groups in total. The Morgan fingerprint density at radius 2 is 2.38 bits per heavy atom. The normalized spacial score (nSPS) is 27.8. The summed E-state index contributed by atoms with van der Waals surface area (Å²) < 4.78 is 0. The van der Waals surface area contributed by atoms with Gasteiger partial charge in [0.05, 0.1) is 0 Å². The Morgan fingerprint density at radius 1 is 1.54 bits per heavy atom. The van der Waals surface area contributed by atoms with E-state index in [1.165, 1.54) is 32.4 Å². The highest BCUT2D eigenvalue weighted by molar-refractivity contribution is 5.32. The topological polar surface area (TPSA) is 3.24 Å². The van der Waals surface area contributed by atoms with Crippen LogP contribution in [0.15, 0.2) is 23.4 Å². The molecule has 72 valence electrons. The molecule has 0 radical (unpaired) electrons. The molecule has 1 heterocycles. The van der Waals surface area contributed by atoms with E-state index in [-0.39, 0.29) is 0 Å². The molecule has 0 aromatic heterocycles. The van der Waals surface area contributed by atoms with Crippen LogP contribution in [-0.2, 0) is 0 Å². The van der Waals surface area contributed by atoms with E-state index in [9.17, 15) is 0 Å². The summed E-state index contributed by atoms with van der Waals surface area (Å²) in [7, 11) is 0. The number of allylic oxidation sites excluding steroid dienone is 4. The molecule has 1 aliphatic carbocycles. The summed E-state index contributed by atoms with van der Waals surface area (Å²) in [6.07, 6.45) is 8.55. The predicted molar refractivity (Wildman–Crippen MR) is 56.4 cm³/mol. The first kappa shape index (κ1) is 8.86. The summed E-state index contributed by atoms with van der Waals surface area (Å²) in [6, 6.07) is 0. The molecule has 0 saturated heterocycles. The van der Waals surface area contributed by atoms with Gasteiger partial charge in [-0.15, -0.1) is 0 Å². The van der Waals surface area contributed by atoms with E-state index < -0.39 is 0 Å². The number of hydrogen-bond acceptors (Lipinski definition) is 1. The van der Waals surface area contributed by atoms with Gasteiger partial charge >= 0.3 is 0 Å². The van der Waals surface area contributed by atoms with Gasteiger partial charge in [0.2, 0.25) is 0 Å². The summed E-state index contributed by atoms with van der Waals surface area (Å²) in [5, 5.41) is 0. The first-order valence-electron chi connectivity index (χ1n) is 5.47. The van der Waals surface area contributed by atoms with Crippen LogP contribution >= 0.6 is 0 Å². The minimum absolute atomic E-state index is 0.750. The van der Waals surface area contributed by atoms with Crippen molar-refractivity contribution >= 4 is 0 Å². The van der Waals surface area contributed by atoms with Crippen molar-refractivity contribution in [3.63, 3.8) is 0 Å². The summed E-state index contributed by atoms with van der Waals surface area (Å²) in [4.78, 5) is 2.56. The fourth-order valence-corrected chi connectivity index (χ4v) is 2.56. The maximum absolute atomic E-state index is 2.56. The van der Waals surface area contributed by atoms with Gasteiger partial charge in [-0.1, -0.05) is 19.1 Å². The van der Waals surface area contributed by atoms with Crippen LogP contribution in [0.3, 0.4) is 0 Å². The third-order valence-corrected chi connectivity index (χ3v) is 3.20. The van der Waals surface area contributed by atoms with Crippen LogP contribution in [0, 0.1) is 5.92 Å². The second-order valence-corrected chi connectivity index (χ2v) is 4.13. The van der Waals surface area contributed by atoms with Gasteiger partial charge in [0.1, 0.15) is 0 Å². The summed E-state index contributed by atoms with van der Waals surface area (Å²) >= 11 is 0. The quantitative estimate of drug-likeness (QED) is 0.595. The molecule has 1 unspecified atom stereocenters. The monoisotopic (exact) mass is 177 g/mol. The molecule has 0 fully saturated rings. The lowest BCUT2D eigenvalue weighted by Crippen LogP contribution is -2.32. The van der Waals surface area contributed by atoms with Gasteiger partial charge in [-0.3, -0.25) is 0 Å². The zero-order valence-electron chi connectivity index (χ0n) is 8.71. The Bertz CT molecular complexity index is 250. The third-order valence-electron chi connectivity index (χ3n) is 3.20. The highest BCUT2D eigenvalue weighted by Crippen LogP contribution is 2.33. The highest BCUT2D eigenvalue weighted by Gasteiger charge is 2.23. The number of nitrogens with zero attached hydrogens (tertiary/aromatic N) is 1. The number of rotatable bonds is 1. The second kappa shape index (κ2) is 3.57. The van der Waals surface area contributed by atoms with Crippen molar-refractivity contribution < 1.29 is 0 Å². The van der Waals surface area contributed by atoms with Crippen LogP contribution in [-0.4, -0.2) is 18.0 Å². The predicted octanol–water partition coefficient (Wildman–Crippen LogP) is 2.95. The lowest BCUT2D eigenvalue weighted by atomic mass is 9.88. The zero-order chi connectivity index (χ0) is 9.26. The van der Waals surface area contributed by atoms with Crippen molar-refractivity contribution in [3.05, 3.63) is 23.4 Å². The van der Waals surface area contributed by atoms with E-state index in [0.29, 0.717) is 0 Å². The van der Waals surface area contributed by atoms with Crippen LogP contribution in [0.5, 0.6) is 0 Å². The summed E-state index contributed by atoms with van der Waals surface area (Å²) in [5.74, 6) is 0.750. The first-order chi connectivity index (χ1) is 6.33. The molecular weight excluding hydrogens is 158 g/mol. The SMILES string of the molecule is CCN1CCCC2=C1C(C)CC=C2. The standard InChI is InChI=1S/C12H19N/c1-3-13-9-5-8-11-7-4-6-10(2)12(11)13/h4,7,10H,3,5-6,8-9H2,1-2H3. The minimum atomic E-state index is 0.750. The maximum Gasteiger partial charge on any atom is 0.0197 e. The van der Waals surface area contributed by atoms with Gasteiger partial charge < -0.3 is 4.90 Å². The largest absolute Gasteiger partial charge is 0.375 e. The van der Waals surface area contributed by atoms with Gasteiger partial charge in [0.25, 0.3) is 0 Å². The fraction of sp³-hybridized carbons (Fsp3) is 0.667. The molecule has 1 heteroatoms. The average Bonchev–Trinajstić information content (AvgIpc) is 2.17. The Balaban J connectivity index is 2.31. The molecular formula is C12H19N. The molecule has 0 spiro atoms. The van der Waals surface area contributed by atoms with Gasteiger partial charge in [-0.05, 0) is 37.7 Å². The van der Waals surface area contributed by atoms with Crippen molar-refractivity contribution in [1.82, 2.24) is 4.90 Å². The van der Waals surface area contributed by atoms with E-state index in [2.05, 4.69) is 30.9 Å². The molecule has 1 nitrogen and oxygen atoms in total. The maximum atomic E-state index is 2.56. The van der Waals surface area contributed by atoms with Gasteiger partial charge in [-0.2, -0.15) is 0 Å². The molecule has 0 bridgehead atoms. The molecule has 13 heavy (non-hydrogen) atoms. The Kier molecular flexibility index (Phi) is 2.43. The molecule has 0 aromatic rings. The average molecular weight is 177 g/mol. The molecule has 0 aromatic carbocycles. The van der Waals surface area contributed by atoms with Crippen LogP contribution < -0.4 is 0 Å². The van der Waals surface area contributed by atoms with Crippen molar-refractivity contribution in [2.24, 2.45) is 5.92 Å². The van der Waals surface area contributed by atoms with Gasteiger partial charge in [0, 0.05) is 18.8 Å². The summed E-state index contributed by atoms with van der Waals surface area (Å²) in [6.45, 7) is 7.07. The molecule has 0 amide bonds. The lowest BCUT2D eigenvalue weighted by molar-refractivity contribution is 0.292. The fourth-order valence-electron chi connectivity index (χ4n) is 2.56. The highest BCUT2D eigenvalue weighted by atomic mass is 15.1. The minimum Gasteiger partial charge on any atom is -0.375 e. The van der Waals surface area contributed by atoms with Crippen molar-refractivity contribution in [1.29, 1.82) is 0 Å². The van der Waals surface area contributed by atoms with Crippen LogP contribution in [0.1, 0.15) is 33.1 Å². The Hall–Kier alpha value is -0.720. The molecule has 0 saturated carbocycles. The van der Waals surface area contributed by atoms with E-state index in [1.54, 1.807) is 11.3 Å². The lowest BCUT2D eigenvalue weighted by Gasteiger charge is -2.37. The molecule has 2 aliphatic rings. The van der Waals surface area contributed by atoms with Crippen molar-refractivity contribution in [2.45, 2.75) is 33.1 Å². The second-order valence-electron chi connectivity index (χ2n) is 4.13. The van der Waals surface area contributed by atoms with E-state index in [1.807, 2.05) is 0 Å². The van der Waals surface area contributed by atoms with E-state index >= 15 is 0 Å². The molecule has 1 atom stereocenters. The van der Waals surface area contributed by atoms with E-state index in [4.69, 9.17) is 0 Å². The Labute approximate surface area is 81.1 Å². The molecule has 2 rings (SSSR count). The Morgan fingerprint density at radius 3 is 3.15 bits per heavy atom. The summed E-state index contributed by atoms with van der Waals surface area (Å²) in [5.41, 5.74) is 3.24. The third kappa shape index (κ3) is 1.52. The van der Waals surface area contributed by atoms with Gasteiger partial charge in [0.15, 0.2) is 0 Å². The van der Waals surface area contributed by atoms with Gasteiger partial charge in [-0.25, -0.2) is 0 Å². The number of hydrogen-bond donors (Lipinski definition) is 0. The molecule has 1 aliphatic heterocycles. The van der Waals surface area contributed by atoms with Crippen LogP contribution in [0.2, 0.25) is 0 Å². The smallest absolute Gasteiger partial charge is 0.0197 e. The van der Waals surface area contributed by atoms with Crippen molar-refractivity contribution in [2.75, 3.05) is 13.1 Å². The van der Waals surface area contributed by atoms with Crippen molar-refractivity contribution in [3.8, 4) is 0 Å². The van der Waals surface area contributed by atoms with Crippen LogP contribution in [0.4, 0.5) is 0 Å². The first-order valence-corrected chi connectivity index (χ1v) is 5.47.